The fourth-order valence-electron chi connectivity index (χ4n) is 3.04. The van der Waals surface area contributed by atoms with Crippen molar-refractivity contribution in [1.29, 1.82) is 0 Å². The predicted molar refractivity (Wildman–Crippen MR) is 92.8 cm³/mol. The molecule has 1 aliphatic rings. The first-order valence-corrected chi connectivity index (χ1v) is 8.16. The van der Waals surface area contributed by atoms with Gasteiger partial charge in [0, 0.05) is 11.6 Å². The zero-order chi connectivity index (χ0) is 18.0. The van der Waals surface area contributed by atoms with E-state index >= 15 is 0 Å². The van der Waals surface area contributed by atoms with Crippen LogP contribution >= 0.6 is 0 Å². The lowest BCUT2D eigenvalue weighted by Crippen LogP contribution is -3.06. The van der Waals surface area contributed by atoms with Gasteiger partial charge in [-0.15, -0.1) is 0 Å². The van der Waals surface area contributed by atoms with E-state index in [1.165, 1.54) is 10.5 Å². The first-order chi connectivity index (χ1) is 12.0. The van der Waals surface area contributed by atoms with Crippen LogP contribution < -0.4 is 23.8 Å². The van der Waals surface area contributed by atoms with Crippen LogP contribution in [0.5, 0.6) is 28.7 Å². The molecule has 6 nitrogen and oxygen atoms in total. The van der Waals surface area contributed by atoms with Gasteiger partial charge < -0.3 is 29.0 Å². The topological polar surface area (TPSA) is 61.6 Å². The fraction of sp³-hybridized carbons (Fsp3) is 0.368. The fourth-order valence-corrected chi connectivity index (χ4v) is 3.04. The van der Waals surface area contributed by atoms with Gasteiger partial charge in [-0.2, -0.15) is 0 Å². The highest BCUT2D eigenvalue weighted by molar-refractivity contribution is 5.51. The maximum Gasteiger partial charge on any atom is 0.231 e. The Kier molecular flexibility index (Phi) is 4.90. The van der Waals surface area contributed by atoms with E-state index in [1.807, 2.05) is 18.2 Å². The second kappa shape index (κ2) is 7.11. The molecule has 3 rings (SSSR count). The molecule has 1 atom stereocenters. The highest BCUT2D eigenvalue weighted by atomic mass is 16.7. The molecular weight excluding hydrogens is 322 g/mol. The number of methoxy groups -OCH3 is 2. The quantitative estimate of drug-likeness (QED) is 0.833. The van der Waals surface area contributed by atoms with Crippen LogP contribution in [0.25, 0.3) is 0 Å². The van der Waals surface area contributed by atoms with Gasteiger partial charge in [-0.1, -0.05) is 0 Å². The summed E-state index contributed by atoms with van der Waals surface area (Å²) in [6.07, 6.45) is 0. The molecule has 2 N–H and O–H groups in total. The zero-order valence-electron chi connectivity index (χ0n) is 15.0. The molecule has 6 heteroatoms. The number of ether oxygens (including phenoxy) is 4. The van der Waals surface area contributed by atoms with Crippen LogP contribution in [0.3, 0.4) is 0 Å². The van der Waals surface area contributed by atoms with E-state index in [4.69, 9.17) is 18.9 Å². The van der Waals surface area contributed by atoms with E-state index in [2.05, 4.69) is 14.0 Å². The van der Waals surface area contributed by atoms with Gasteiger partial charge in [0.1, 0.15) is 18.8 Å². The minimum absolute atomic E-state index is 0.200. The van der Waals surface area contributed by atoms with Gasteiger partial charge >= 0.3 is 0 Å². The molecule has 2 aromatic carbocycles. The third-order valence-electron chi connectivity index (χ3n) is 4.40. The number of hydrogen-bond acceptors (Lipinski definition) is 5. The predicted octanol–water partition coefficient (Wildman–Crippen LogP) is 1.66. The Hall–Kier alpha value is -2.60. The summed E-state index contributed by atoms with van der Waals surface area (Å²) in [5.74, 6) is 2.96. The second-order valence-electron chi connectivity index (χ2n) is 6.28. The number of aromatic hydroxyl groups is 1. The standard InChI is InChI=1S/C19H23NO5/c1-12-5-16(22-3)17(23-4)6-13(12)9-20(2)10-14-7-18-19(8-15(14)21)25-11-24-18/h5-8,21H,9-11H2,1-4H3/p+1. The average molecular weight is 346 g/mol. The van der Waals surface area contributed by atoms with Crippen molar-refractivity contribution in [2.45, 2.75) is 20.0 Å². The molecule has 0 aromatic heterocycles. The van der Waals surface area contributed by atoms with Gasteiger partial charge in [0.25, 0.3) is 0 Å². The summed E-state index contributed by atoms with van der Waals surface area (Å²) in [7, 11) is 5.36. The van der Waals surface area contributed by atoms with E-state index < -0.39 is 0 Å². The number of nitrogens with one attached hydrogen (secondary N) is 1. The molecule has 0 fully saturated rings. The van der Waals surface area contributed by atoms with Crippen molar-refractivity contribution in [1.82, 2.24) is 0 Å². The number of hydrogen-bond donors (Lipinski definition) is 2. The molecule has 2 aromatic rings. The van der Waals surface area contributed by atoms with Gasteiger partial charge in [0.2, 0.25) is 6.79 Å². The van der Waals surface area contributed by atoms with Gasteiger partial charge in [-0.05, 0) is 30.7 Å². The van der Waals surface area contributed by atoms with Crippen LogP contribution in [-0.2, 0) is 13.1 Å². The van der Waals surface area contributed by atoms with Crippen molar-refractivity contribution in [2.75, 3.05) is 28.1 Å². The van der Waals surface area contributed by atoms with E-state index in [0.29, 0.717) is 18.0 Å². The van der Waals surface area contributed by atoms with Gasteiger partial charge in [-0.3, -0.25) is 0 Å². The van der Waals surface area contributed by atoms with Crippen molar-refractivity contribution in [3.63, 3.8) is 0 Å². The number of benzene rings is 2. The monoisotopic (exact) mass is 346 g/mol. The maximum atomic E-state index is 10.2. The summed E-state index contributed by atoms with van der Waals surface area (Å²) in [5, 5.41) is 10.2. The first-order valence-electron chi connectivity index (χ1n) is 8.16. The third kappa shape index (κ3) is 3.58. The number of rotatable bonds is 6. The molecule has 0 aliphatic carbocycles. The molecule has 1 heterocycles. The van der Waals surface area contributed by atoms with E-state index in [0.717, 1.165) is 29.2 Å². The Morgan fingerprint density at radius 1 is 0.960 bits per heavy atom. The van der Waals surface area contributed by atoms with E-state index in [9.17, 15) is 5.11 Å². The van der Waals surface area contributed by atoms with Crippen molar-refractivity contribution in [2.24, 2.45) is 0 Å². The Balaban J connectivity index is 1.76. The smallest absolute Gasteiger partial charge is 0.231 e. The van der Waals surface area contributed by atoms with Gasteiger partial charge in [0.15, 0.2) is 23.0 Å². The lowest BCUT2D eigenvalue weighted by molar-refractivity contribution is -0.907. The molecule has 1 aliphatic heterocycles. The summed E-state index contributed by atoms with van der Waals surface area (Å²) in [6, 6.07) is 7.46. The highest BCUT2D eigenvalue weighted by Crippen LogP contribution is 2.37. The normalized spacial score (nSPS) is 13.6. The molecule has 134 valence electrons. The van der Waals surface area contributed by atoms with Crippen molar-refractivity contribution < 1.29 is 29.0 Å². The van der Waals surface area contributed by atoms with Crippen LogP contribution in [0.15, 0.2) is 24.3 Å². The summed E-state index contributed by atoms with van der Waals surface area (Å²) >= 11 is 0. The minimum Gasteiger partial charge on any atom is -0.507 e. The van der Waals surface area contributed by atoms with E-state index in [-0.39, 0.29) is 12.5 Å². The lowest BCUT2D eigenvalue weighted by atomic mass is 10.1. The molecular formula is C19H24NO5+. The first kappa shape index (κ1) is 17.2. The summed E-state index contributed by atoms with van der Waals surface area (Å²) in [4.78, 5) is 1.23. The zero-order valence-corrected chi connectivity index (χ0v) is 15.0. The molecule has 25 heavy (non-hydrogen) atoms. The van der Waals surface area contributed by atoms with Crippen LogP contribution in [0, 0.1) is 6.92 Å². The minimum atomic E-state index is 0.200. The molecule has 0 amide bonds. The maximum absolute atomic E-state index is 10.2. The Labute approximate surface area is 147 Å². The number of aryl methyl sites for hydroxylation is 1. The average Bonchev–Trinajstić information content (AvgIpc) is 3.03. The second-order valence-corrected chi connectivity index (χ2v) is 6.28. The summed E-state index contributed by atoms with van der Waals surface area (Å²) in [6.45, 7) is 3.71. The van der Waals surface area contributed by atoms with Crippen molar-refractivity contribution in [3.8, 4) is 28.7 Å². The van der Waals surface area contributed by atoms with Crippen LogP contribution in [-0.4, -0.2) is 33.2 Å². The van der Waals surface area contributed by atoms with Gasteiger partial charge in [0.05, 0.1) is 26.8 Å². The van der Waals surface area contributed by atoms with Crippen LogP contribution in [0.2, 0.25) is 0 Å². The summed E-state index contributed by atoms with van der Waals surface area (Å²) < 4.78 is 21.4. The molecule has 0 spiro atoms. The Bertz CT molecular complexity index is 775. The Morgan fingerprint density at radius 3 is 2.24 bits per heavy atom. The molecule has 0 saturated heterocycles. The molecule has 0 saturated carbocycles. The van der Waals surface area contributed by atoms with E-state index in [1.54, 1.807) is 20.3 Å². The highest BCUT2D eigenvalue weighted by Gasteiger charge is 2.19. The number of phenolic OH excluding ortho intramolecular Hbond substituents is 1. The number of phenols is 1. The van der Waals surface area contributed by atoms with Gasteiger partial charge in [-0.25, -0.2) is 0 Å². The summed E-state index contributed by atoms with van der Waals surface area (Å²) in [5.41, 5.74) is 3.15. The van der Waals surface area contributed by atoms with Crippen LogP contribution in [0.4, 0.5) is 0 Å². The SMILES string of the molecule is COc1cc(C)c(C[NH+](C)Cc2cc3c(cc2O)OCO3)cc1OC. The van der Waals surface area contributed by atoms with Crippen molar-refractivity contribution >= 4 is 0 Å². The molecule has 0 bridgehead atoms. The largest absolute Gasteiger partial charge is 0.507 e. The van der Waals surface area contributed by atoms with Crippen molar-refractivity contribution in [3.05, 3.63) is 41.0 Å². The molecule has 1 unspecified atom stereocenters. The number of fused-ring (bicyclic) bond motifs is 1. The lowest BCUT2D eigenvalue weighted by Gasteiger charge is -2.18. The third-order valence-corrected chi connectivity index (χ3v) is 4.40. The number of quaternary nitrogens is 1. The Morgan fingerprint density at radius 2 is 1.56 bits per heavy atom. The van der Waals surface area contributed by atoms with Crippen LogP contribution in [0.1, 0.15) is 16.7 Å². The molecule has 0 radical (unpaired) electrons.